The fourth-order valence-corrected chi connectivity index (χ4v) is 3.89. The van der Waals surface area contributed by atoms with Gasteiger partial charge in [0.25, 0.3) is 15.9 Å². The first-order valence-electron chi connectivity index (χ1n) is 9.32. The highest BCUT2D eigenvalue weighted by atomic mass is 32.2. The number of hydrogen-bond acceptors (Lipinski definition) is 4. The summed E-state index contributed by atoms with van der Waals surface area (Å²) >= 11 is 0. The van der Waals surface area contributed by atoms with Crippen LogP contribution < -0.4 is 10.0 Å². The summed E-state index contributed by atoms with van der Waals surface area (Å²) in [5.74, 6) is -0.225. The van der Waals surface area contributed by atoms with Crippen molar-refractivity contribution in [1.29, 1.82) is 0 Å². The molecule has 0 bridgehead atoms. The Morgan fingerprint density at radius 3 is 2.28 bits per heavy atom. The molecule has 0 saturated carbocycles. The van der Waals surface area contributed by atoms with E-state index in [1.807, 2.05) is 25.1 Å². The molecule has 0 unspecified atom stereocenters. The maximum absolute atomic E-state index is 12.4. The first-order valence-corrected chi connectivity index (χ1v) is 10.8. The van der Waals surface area contributed by atoms with Crippen molar-refractivity contribution in [1.82, 2.24) is 10.3 Å². The highest BCUT2D eigenvalue weighted by Crippen LogP contribution is 2.16. The van der Waals surface area contributed by atoms with Gasteiger partial charge in [-0.1, -0.05) is 30.3 Å². The van der Waals surface area contributed by atoms with E-state index in [4.69, 9.17) is 0 Å². The Morgan fingerprint density at radius 2 is 1.62 bits per heavy atom. The molecule has 29 heavy (non-hydrogen) atoms. The van der Waals surface area contributed by atoms with Crippen LogP contribution in [0.25, 0.3) is 0 Å². The maximum Gasteiger partial charge on any atom is 0.261 e. The van der Waals surface area contributed by atoms with E-state index in [1.165, 1.54) is 42.2 Å². The van der Waals surface area contributed by atoms with Gasteiger partial charge >= 0.3 is 0 Å². The largest absolute Gasteiger partial charge is 0.350 e. The van der Waals surface area contributed by atoms with Gasteiger partial charge in [0.15, 0.2) is 0 Å². The Labute approximate surface area is 171 Å². The van der Waals surface area contributed by atoms with E-state index in [0.29, 0.717) is 11.3 Å². The minimum Gasteiger partial charge on any atom is -0.350 e. The van der Waals surface area contributed by atoms with Crippen LogP contribution in [0.3, 0.4) is 0 Å². The molecule has 150 valence electrons. The molecular weight excluding hydrogens is 386 g/mol. The molecule has 6 nitrogen and oxygen atoms in total. The van der Waals surface area contributed by atoms with Gasteiger partial charge in [0, 0.05) is 24.0 Å². The van der Waals surface area contributed by atoms with Gasteiger partial charge in [-0.15, -0.1) is 0 Å². The van der Waals surface area contributed by atoms with Crippen molar-refractivity contribution in [3.8, 4) is 0 Å². The average molecular weight is 410 g/mol. The van der Waals surface area contributed by atoms with Crippen molar-refractivity contribution in [3.63, 3.8) is 0 Å². The number of anilines is 1. The summed E-state index contributed by atoms with van der Waals surface area (Å²) in [4.78, 5) is 16.4. The van der Waals surface area contributed by atoms with E-state index in [2.05, 4.69) is 27.2 Å². The lowest BCUT2D eigenvalue weighted by Crippen LogP contribution is -2.32. The van der Waals surface area contributed by atoms with Gasteiger partial charge in [-0.05, 0) is 61.7 Å². The monoisotopic (exact) mass is 409 g/mol. The second-order valence-corrected chi connectivity index (χ2v) is 8.45. The predicted molar refractivity (Wildman–Crippen MR) is 113 cm³/mol. The quantitative estimate of drug-likeness (QED) is 0.595. The minimum absolute atomic E-state index is 0.000489. The number of hydrogen-bond donors (Lipinski definition) is 2. The molecule has 0 radical (unpaired) electrons. The topological polar surface area (TPSA) is 88.2 Å². The highest BCUT2D eigenvalue weighted by Gasteiger charge is 2.16. The van der Waals surface area contributed by atoms with Crippen molar-refractivity contribution >= 4 is 21.6 Å². The summed E-state index contributed by atoms with van der Waals surface area (Å²) in [6, 6.07) is 19.1. The van der Waals surface area contributed by atoms with Crippen molar-refractivity contribution in [3.05, 3.63) is 90.3 Å². The lowest BCUT2D eigenvalue weighted by Gasteiger charge is -2.14. The number of rotatable bonds is 8. The normalized spacial score (nSPS) is 12.2. The molecule has 2 aromatic carbocycles. The molecule has 7 heteroatoms. The van der Waals surface area contributed by atoms with Crippen LogP contribution >= 0.6 is 0 Å². The molecule has 0 spiro atoms. The number of nitrogens with one attached hydrogen (secondary N) is 2. The fourth-order valence-electron chi connectivity index (χ4n) is 2.83. The second kappa shape index (κ2) is 9.34. The smallest absolute Gasteiger partial charge is 0.261 e. The van der Waals surface area contributed by atoms with Crippen LogP contribution in [-0.2, 0) is 16.4 Å². The zero-order valence-corrected chi connectivity index (χ0v) is 16.9. The van der Waals surface area contributed by atoms with Gasteiger partial charge in [0.05, 0.1) is 10.6 Å². The summed E-state index contributed by atoms with van der Waals surface area (Å²) in [6.45, 7) is 1.96. The zero-order chi connectivity index (χ0) is 20.7. The predicted octanol–water partition coefficient (Wildman–Crippen LogP) is 3.63. The van der Waals surface area contributed by atoms with E-state index < -0.39 is 10.0 Å². The number of sulfonamides is 1. The fraction of sp³-hybridized carbons (Fsp3) is 0.182. The number of aryl methyl sites for hydroxylation is 1. The van der Waals surface area contributed by atoms with Gasteiger partial charge in [-0.3, -0.25) is 14.5 Å². The Kier molecular flexibility index (Phi) is 6.61. The van der Waals surface area contributed by atoms with Crippen LogP contribution in [0.15, 0.2) is 84.0 Å². The summed E-state index contributed by atoms with van der Waals surface area (Å²) < 4.78 is 27.4. The zero-order valence-electron chi connectivity index (χ0n) is 16.1. The number of nitrogens with zero attached hydrogens (tertiary/aromatic N) is 1. The molecular formula is C22H23N3O3S. The molecule has 0 saturated heterocycles. The lowest BCUT2D eigenvalue weighted by molar-refractivity contribution is 0.0938. The van der Waals surface area contributed by atoms with Crippen LogP contribution in [-0.4, -0.2) is 25.4 Å². The van der Waals surface area contributed by atoms with Crippen LogP contribution in [0, 0.1) is 0 Å². The van der Waals surface area contributed by atoms with Crippen molar-refractivity contribution in [2.75, 3.05) is 4.72 Å². The second-order valence-electron chi connectivity index (χ2n) is 6.76. The Bertz CT molecular complexity index is 1040. The van der Waals surface area contributed by atoms with Crippen molar-refractivity contribution < 1.29 is 13.2 Å². The molecule has 0 aliphatic carbocycles. The molecule has 3 aromatic rings. The van der Waals surface area contributed by atoms with E-state index >= 15 is 0 Å². The van der Waals surface area contributed by atoms with E-state index in [9.17, 15) is 13.2 Å². The molecule has 3 rings (SSSR count). The minimum atomic E-state index is -3.73. The van der Waals surface area contributed by atoms with Gasteiger partial charge in [0.1, 0.15) is 0 Å². The number of pyridine rings is 1. The van der Waals surface area contributed by atoms with Gasteiger partial charge in [0.2, 0.25) is 0 Å². The Balaban J connectivity index is 1.58. The van der Waals surface area contributed by atoms with Crippen LogP contribution in [0.1, 0.15) is 29.3 Å². The Morgan fingerprint density at radius 1 is 0.966 bits per heavy atom. The summed E-state index contributed by atoms with van der Waals surface area (Å²) in [5.41, 5.74) is 2.07. The highest BCUT2D eigenvalue weighted by molar-refractivity contribution is 7.92. The third-order valence-electron chi connectivity index (χ3n) is 4.45. The summed E-state index contributed by atoms with van der Waals surface area (Å²) in [6.07, 6.45) is 4.70. The molecule has 0 fully saturated rings. The third-order valence-corrected chi connectivity index (χ3v) is 5.84. The molecule has 1 aromatic heterocycles. The molecule has 1 amide bonds. The van der Waals surface area contributed by atoms with E-state index in [1.54, 1.807) is 12.1 Å². The van der Waals surface area contributed by atoms with E-state index in [0.717, 1.165) is 12.8 Å². The van der Waals surface area contributed by atoms with Crippen LogP contribution in [0.2, 0.25) is 0 Å². The van der Waals surface area contributed by atoms with Crippen molar-refractivity contribution in [2.45, 2.75) is 30.7 Å². The standard InChI is InChI=1S/C22H23N3O3S/c1-17(7-8-18-5-3-2-4-6-18)24-22(26)19-9-11-21(12-10-19)29(27,28)25-20-13-15-23-16-14-20/h2-6,9-17H,7-8H2,1H3,(H,23,25)(H,24,26)/t17-/m1/s1. The lowest BCUT2D eigenvalue weighted by atomic mass is 10.1. The van der Waals surface area contributed by atoms with Crippen LogP contribution in [0.5, 0.6) is 0 Å². The summed E-state index contributed by atoms with van der Waals surface area (Å²) in [7, 11) is -3.73. The SMILES string of the molecule is C[C@H](CCc1ccccc1)NC(=O)c1ccc(S(=O)(=O)Nc2ccncc2)cc1. The molecule has 2 N–H and O–H groups in total. The number of carbonyl (C=O) groups excluding carboxylic acids is 1. The van der Waals surface area contributed by atoms with Crippen molar-refractivity contribution in [2.24, 2.45) is 0 Å². The van der Waals surface area contributed by atoms with Gasteiger partial charge in [-0.25, -0.2) is 8.42 Å². The average Bonchev–Trinajstić information content (AvgIpc) is 2.73. The maximum atomic E-state index is 12.4. The number of amides is 1. The van der Waals surface area contributed by atoms with E-state index in [-0.39, 0.29) is 16.8 Å². The number of carbonyl (C=O) groups is 1. The van der Waals surface area contributed by atoms with Crippen LogP contribution in [0.4, 0.5) is 5.69 Å². The molecule has 1 atom stereocenters. The third kappa shape index (κ3) is 5.89. The first-order chi connectivity index (χ1) is 13.9. The molecule has 0 aliphatic rings. The number of aromatic nitrogens is 1. The first kappa shape index (κ1) is 20.5. The van der Waals surface area contributed by atoms with Gasteiger partial charge in [-0.2, -0.15) is 0 Å². The van der Waals surface area contributed by atoms with Gasteiger partial charge < -0.3 is 5.32 Å². The number of benzene rings is 2. The summed E-state index contributed by atoms with van der Waals surface area (Å²) in [5, 5.41) is 2.95. The Hall–Kier alpha value is -3.19. The molecule has 1 heterocycles. The molecule has 0 aliphatic heterocycles.